The molecule has 6 nitrogen and oxygen atoms in total. The Kier molecular flexibility index (Phi) is 4.76. The molecule has 2 aromatic heterocycles. The molecule has 4 heterocycles. The van der Waals surface area contributed by atoms with Crippen LogP contribution < -0.4 is 4.90 Å². The minimum atomic E-state index is -0.278. The smallest absolute Gasteiger partial charge is 0.272 e. The summed E-state index contributed by atoms with van der Waals surface area (Å²) in [6.45, 7) is 6.11. The molecule has 0 spiro atoms. The van der Waals surface area contributed by atoms with Crippen LogP contribution in [0.5, 0.6) is 0 Å². The largest absolute Gasteiger partial charge is 0.356 e. The van der Waals surface area contributed by atoms with E-state index < -0.39 is 0 Å². The van der Waals surface area contributed by atoms with Gasteiger partial charge in [-0.15, -0.1) is 0 Å². The number of fused-ring (bicyclic) bond motifs is 1. The van der Waals surface area contributed by atoms with Gasteiger partial charge in [0.05, 0.1) is 18.1 Å². The highest BCUT2D eigenvalue weighted by atomic mass is 19.1. The van der Waals surface area contributed by atoms with Crippen LogP contribution in [0.1, 0.15) is 33.5 Å². The molecule has 0 radical (unpaired) electrons. The van der Waals surface area contributed by atoms with Crippen LogP contribution in [0.3, 0.4) is 0 Å². The van der Waals surface area contributed by atoms with E-state index in [0.29, 0.717) is 23.9 Å². The lowest BCUT2D eigenvalue weighted by Gasteiger charge is -2.30. The first-order chi connectivity index (χ1) is 14.9. The van der Waals surface area contributed by atoms with Gasteiger partial charge in [-0.05, 0) is 43.7 Å². The number of carbonyl (C=O) groups is 1. The molecule has 3 atom stereocenters. The van der Waals surface area contributed by atoms with Gasteiger partial charge in [-0.3, -0.25) is 4.79 Å². The first-order valence-corrected chi connectivity index (χ1v) is 10.7. The maximum Gasteiger partial charge on any atom is 0.272 e. The molecule has 2 fully saturated rings. The van der Waals surface area contributed by atoms with E-state index in [2.05, 4.69) is 14.9 Å². The molecule has 2 aliphatic heterocycles. The molecular formula is C24H26FN5O. The zero-order chi connectivity index (χ0) is 21.7. The zero-order valence-corrected chi connectivity index (χ0v) is 18.0. The van der Waals surface area contributed by atoms with Crippen molar-refractivity contribution in [3.63, 3.8) is 0 Å². The number of anilines is 1. The third-order valence-electron chi connectivity index (χ3n) is 6.64. The number of hydrogen-bond donors (Lipinski definition) is 0. The maximum atomic E-state index is 14.1. The Bertz CT molecular complexity index is 1120. The Labute approximate surface area is 181 Å². The van der Waals surface area contributed by atoms with E-state index in [9.17, 15) is 9.18 Å². The summed E-state index contributed by atoms with van der Waals surface area (Å²) >= 11 is 0. The normalized spacial score (nSPS) is 22.8. The van der Waals surface area contributed by atoms with Crippen molar-refractivity contribution in [1.82, 2.24) is 19.4 Å². The Morgan fingerprint density at radius 1 is 1.10 bits per heavy atom. The summed E-state index contributed by atoms with van der Waals surface area (Å²) in [5.74, 6) is 1.16. The number of likely N-dealkylation sites (tertiary alicyclic amines) is 1. The van der Waals surface area contributed by atoms with E-state index in [1.807, 2.05) is 50.1 Å². The fourth-order valence-corrected chi connectivity index (χ4v) is 5.25. The van der Waals surface area contributed by atoms with Crippen molar-refractivity contribution in [1.29, 1.82) is 0 Å². The predicted molar refractivity (Wildman–Crippen MR) is 116 cm³/mol. The fraction of sp³-hybridized carbons (Fsp3) is 0.375. The van der Waals surface area contributed by atoms with E-state index >= 15 is 0 Å². The number of aromatic nitrogens is 3. The summed E-state index contributed by atoms with van der Waals surface area (Å²) in [4.78, 5) is 26.8. The second kappa shape index (κ2) is 7.48. The van der Waals surface area contributed by atoms with Crippen LogP contribution in [0, 0.1) is 31.5 Å². The summed E-state index contributed by atoms with van der Waals surface area (Å²) in [5, 5.41) is 0. The second-order valence-corrected chi connectivity index (χ2v) is 8.71. The SMILES string of the molecule is Cc1cccc(N2C[C@H]3CN(C(=O)c4c(C)ncn4C)[C@H](c4cccc(F)c4)[C@H]3C2)n1. The van der Waals surface area contributed by atoms with Gasteiger partial charge in [0.25, 0.3) is 5.91 Å². The lowest BCUT2D eigenvalue weighted by atomic mass is 9.89. The third-order valence-corrected chi connectivity index (χ3v) is 6.64. The van der Waals surface area contributed by atoms with E-state index in [1.54, 1.807) is 23.0 Å². The van der Waals surface area contributed by atoms with Crippen molar-refractivity contribution in [2.75, 3.05) is 24.5 Å². The van der Waals surface area contributed by atoms with Crippen molar-refractivity contribution in [2.45, 2.75) is 19.9 Å². The van der Waals surface area contributed by atoms with E-state index in [-0.39, 0.29) is 23.7 Å². The highest BCUT2D eigenvalue weighted by Crippen LogP contribution is 2.46. The lowest BCUT2D eigenvalue weighted by Crippen LogP contribution is -2.37. The topological polar surface area (TPSA) is 54.3 Å². The van der Waals surface area contributed by atoms with Crippen LogP contribution in [0.4, 0.5) is 10.2 Å². The number of amides is 1. The Hall–Kier alpha value is -3.22. The van der Waals surface area contributed by atoms with Crippen molar-refractivity contribution < 1.29 is 9.18 Å². The minimum Gasteiger partial charge on any atom is -0.356 e. The summed E-state index contributed by atoms with van der Waals surface area (Å²) in [6, 6.07) is 12.5. The second-order valence-electron chi connectivity index (χ2n) is 8.71. The van der Waals surface area contributed by atoms with Crippen LogP contribution in [0.25, 0.3) is 0 Å². The van der Waals surface area contributed by atoms with Gasteiger partial charge in [-0.25, -0.2) is 14.4 Å². The summed E-state index contributed by atoms with van der Waals surface area (Å²) in [7, 11) is 1.84. The quantitative estimate of drug-likeness (QED) is 0.652. The molecule has 1 aromatic carbocycles. The number of pyridine rings is 1. The van der Waals surface area contributed by atoms with Crippen LogP contribution in [-0.4, -0.2) is 45.0 Å². The summed E-state index contributed by atoms with van der Waals surface area (Å²) in [5.41, 5.74) is 3.14. The van der Waals surface area contributed by atoms with Gasteiger partial charge in [-0.1, -0.05) is 18.2 Å². The van der Waals surface area contributed by atoms with Crippen LogP contribution in [0.2, 0.25) is 0 Å². The number of nitrogens with zero attached hydrogens (tertiary/aromatic N) is 5. The molecule has 1 amide bonds. The predicted octanol–water partition coefficient (Wildman–Crippen LogP) is 3.52. The van der Waals surface area contributed by atoms with Crippen molar-refractivity contribution in [2.24, 2.45) is 18.9 Å². The molecule has 5 rings (SSSR count). The highest BCUT2D eigenvalue weighted by Gasteiger charge is 2.50. The van der Waals surface area contributed by atoms with Gasteiger partial charge < -0.3 is 14.4 Å². The van der Waals surface area contributed by atoms with Gasteiger partial charge in [0.2, 0.25) is 0 Å². The molecule has 0 saturated carbocycles. The van der Waals surface area contributed by atoms with E-state index in [1.165, 1.54) is 6.07 Å². The monoisotopic (exact) mass is 419 g/mol. The molecule has 0 unspecified atom stereocenters. The molecule has 7 heteroatoms. The molecule has 3 aromatic rings. The number of imidazole rings is 1. The van der Waals surface area contributed by atoms with Crippen molar-refractivity contribution in [3.05, 3.63) is 77.3 Å². The molecular weight excluding hydrogens is 393 g/mol. The zero-order valence-electron chi connectivity index (χ0n) is 18.0. The molecule has 0 N–H and O–H groups in total. The van der Waals surface area contributed by atoms with Gasteiger partial charge in [-0.2, -0.15) is 0 Å². The molecule has 0 aliphatic carbocycles. The number of carbonyl (C=O) groups excluding carboxylic acids is 1. The van der Waals surface area contributed by atoms with Gasteiger partial charge in [0, 0.05) is 44.2 Å². The number of benzene rings is 1. The van der Waals surface area contributed by atoms with Gasteiger partial charge in [0.15, 0.2) is 0 Å². The number of rotatable bonds is 3. The van der Waals surface area contributed by atoms with Gasteiger partial charge >= 0.3 is 0 Å². The Morgan fingerprint density at radius 3 is 2.61 bits per heavy atom. The molecule has 0 bridgehead atoms. The van der Waals surface area contributed by atoms with Crippen LogP contribution in [-0.2, 0) is 7.05 Å². The molecule has 2 aliphatic rings. The van der Waals surface area contributed by atoms with E-state index in [4.69, 9.17) is 0 Å². The highest BCUT2D eigenvalue weighted by molar-refractivity contribution is 5.94. The molecule has 31 heavy (non-hydrogen) atoms. The summed E-state index contributed by atoms with van der Waals surface area (Å²) < 4.78 is 15.9. The average Bonchev–Trinajstić information content (AvgIpc) is 3.40. The van der Waals surface area contributed by atoms with Crippen LogP contribution >= 0.6 is 0 Å². The first kappa shape index (κ1) is 19.7. The first-order valence-electron chi connectivity index (χ1n) is 10.7. The number of halogens is 1. The lowest BCUT2D eigenvalue weighted by molar-refractivity contribution is 0.0704. The van der Waals surface area contributed by atoms with E-state index in [0.717, 1.165) is 30.2 Å². The van der Waals surface area contributed by atoms with Crippen molar-refractivity contribution in [3.8, 4) is 0 Å². The van der Waals surface area contributed by atoms with Crippen LogP contribution in [0.15, 0.2) is 48.8 Å². The van der Waals surface area contributed by atoms with Gasteiger partial charge in [0.1, 0.15) is 17.3 Å². The standard InChI is InChI=1S/C24H26FN5O/c1-15-6-4-9-21(27-15)29-11-18-12-30(24(31)22-16(2)26-14-28(22)3)23(20(18)13-29)17-7-5-8-19(25)10-17/h4-10,14,18,20,23H,11-13H2,1-3H3/t18-,20-,23+/m0/s1. The van der Waals surface area contributed by atoms with Crippen molar-refractivity contribution >= 4 is 11.7 Å². The maximum absolute atomic E-state index is 14.1. The average molecular weight is 420 g/mol. The molecule has 160 valence electrons. The number of hydrogen-bond acceptors (Lipinski definition) is 4. The fourth-order valence-electron chi connectivity index (χ4n) is 5.25. The molecule has 2 saturated heterocycles. The Balaban J connectivity index is 1.50. The minimum absolute atomic E-state index is 0.0404. The Morgan fingerprint density at radius 2 is 1.90 bits per heavy atom. The number of aryl methyl sites for hydroxylation is 3. The summed E-state index contributed by atoms with van der Waals surface area (Å²) in [6.07, 6.45) is 1.67. The third kappa shape index (κ3) is 3.38.